The Kier molecular flexibility index (Phi) is 10.9. The molecule has 0 heteroatoms. The molecule has 0 heterocycles. The van der Waals surface area contributed by atoms with Crippen LogP contribution < -0.4 is 0 Å². The van der Waals surface area contributed by atoms with Crippen molar-refractivity contribution < 1.29 is 0 Å². The molecule has 0 aliphatic heterocycles. The molecule has 1 aliphatic carbocycles. The van der Waals surface area contributed by atoms with Gasteiger partial charge in [-0.1, -0.05) is 118 Å². The summed E-state index contributed by atoms with van der Waals surface area (Å²) in [6.07, 6.45) is 12.7. The fourth-order valence-corrected chi connectivity index (χ4v) is 6.66. The Bertz CT molecular complexity index is 902. The van der Waals surface area contributed by atoms with E-state index >= 15 is 0 Å². The largest absolute Gasteiger partial charge is 0.0654 e. The van der Waals surface area contributed by atoms with E-state index in [9.17, 15) is 0 Å². The van der Waals surface area contributed by atoms with Gasteiger partial charge in [-0.3, -0.25) is 0 Å². The molecule has 1 radical (unpaired) electrons. The predicted molar refractivity (Wildman–Crippen MR) is 164 cm³/mol. The number of hydrogen-bond donors (Lipinski definition) is 0. The molecule has 205 valence electrons. The van der Waals surface area contributed by atoms with Gasteiger partial charge >= 0.3 is 0 Å². The molecule has 1 fully saturated rings. The van der Waals surface area contributed by atoms with Crippen molar-refractivity contribution in [1.29, 1.82) is 0 Å². The molecule has 0 aromatic heterocycles. The topological polar surface area (TPSA) is 0 Å². The van der Waals surface area contributed by atoms with Crippen LogP contribution in [0.4, 0.5) is 0 Å². The number of rotatable bonds is 14. The zero-order valence-corrected chi connectivity index (χ0v) is 25.8. The van der Waals surface area contributed by atoms with Crippen LogP contribution in [0.15, 0.2) is 36.4 Å². The fraction of sp³-hybridized carbons (Fsp3) is 0.649. The van der Waals surface area contributed by atoms with Gasteiger partial charge < -0.3 is 0 Å². The molecule has 0 atom stereocenters. The van der Waals surface area contributed by atoms with Crippen LogP contribution in [0.3, 0.4) is 0 Å². The Morgan fingerprint density at radius 1 is 0.649 bits per heavy atom. The molecule has 0 saturated heterocycles. The SMILES string of the molecule is CCCCC1([C](c2ccc(CC(C)C)cc2CC(C)C)c2ccc(CC(C)C)cc2CC(C)C)CCC1. The molecule has 1 aliphatic rings. The Labute approximate surface area is 231 Å². The van der Waals surface area contributed by atoms with E-state index in [0.29, 0.717) is 29.1 Å². The molecule has 3 rings (SSSR count). The Morgan fingerprint density at radius 2 is 1.08 bits per heavy atom. The summed E-state index contributed by atoms with van der Waals surface area (Å²) in [6, 6.07) is 15.2. The molecule has 37 heavy (non-hydrogen) atoms. The molecule has 0 N–H and O–H groups in total. The third kappa shape index (κ3) is 7.97. The number of hydrogen-bond acceptors (Lipinski definition) is 0. The minimum atomic E-state index is 0.340. The van der Waals surface area contributed by atoms with Gasteiger partial charge in [-0.05, 0) is 107 Å². The van der Waals surface area contributed by atoms with Crippen molar-refractivity contribution in [1.82, 2.24) is 0 Å². The summed E-state index contributed by atoms with van der Waals surface area (Å²) < 4.78 is 0. The lowest BCUT2D eigenvalue weighted by Crippen LogP contribution is -2.38. The van der Waals surface area contributed by atoms with Crippen LogP contribution in [0.25, 0.3) is 0 Å². The van der Waals surface area contributed by atoms with Crippen LogP contribution in [-0.2, 0) is 25.7 Å². The van der Waals surface area contributed by atoms with E-state index in [0.717, 1.165) is 0 Å². The van der Waals surface area contributed by atoms with Gasteiger partial charge in [0.1, 0.15) is 0 Å². The first-order chi connectivity index (χ1) is 17.5. The van der Waals surface area contributed by atoms with Crippen molar-refractivity contribution in [2.24, 2.45) is 29.1 Å². The molecular weight excluding hydrogens is 444 g/mol. The van der Waals surface area contributed by atoms with E-state index in [1.54, 1.807) is 28.2 Å². The van der Waals surface area contributed by atoms with E-state index in [4.69, 9.17) is 0 Å². The summed E-state index contributed by atoms with van der Waals surface area (Å²) in [5.41, 5.74) is 9.68. The third-order valence-corrected chi connectivity index (χ3v) is 8.27. The van der Waals surface area contributed by atoms with Crippen LogP contribution >= 0.6 is 0 Å². The molecule has 2 aromatic carbocycles. The first-order valence-corrected chi connectivity index (χ1v) is 15.7. The Morgan fingerprint density at radius 3 is 1.41 bits per heavy atom. The van der Waals surface area contributed by atoms with Gasteiger partial charge in [0.2, 0.25) is 0 Å². The van der Waals surface area contributed by atoms with E-state index < -0.39 is 0 Å². The minimum Gasteiger partial charge on any atom is -0.0654 e. The lowest BCUT2D eigenvalue weighted by Gasteiger charge is -2.49. The van der Waals surface area contributed by atoms with Gasteiger partial charge in [-0.15, -0.1) is 0 Å². The van der Waals surface area contributed by atoms with E-state index in [1.807, 2.05) is 0 Å². The lowest BCUT2D eigenvalue weighted by atomic mass is 9.54. The zero-order chi connectivity index (χ0) is 27.2. The average Bonchev–Trinajstić information content (AvgIpc) is 2.75. The van der Waals surface area contributed by atoms with Gasteiger partial charge in [-0.2, -0.15) is 0 Å². The summed E-state index contributed by atoms with van der Waals surface area (Å²) in [5.74, 6) is 4.40. The fourth-order valence-electron chi connectivity index (χ4n) is 6.66. The quantitative estimate of drug-likeness (QED) is 0.241. The summed E-state index contributed by atoms with van der Waals surface area (Å²) in [5, 5.41) is 0. The minimum absolute atomic E-state index is 0.340. The smallest absolute Gasteiger partial charge is 0.0407 e. The highest BCUT2D eigenvalue weighted by Crippen LogP contribution is 2.58. The van der Waals surface area contributed by atoms with Gasteiger partial charge in [0.25, 0.3) is 0 Å². The highest BCUT2D eigenvalue weighted by atomic mass is 14.5. The molecule has 0 bridgehead atoms. The molecule has 2 aromatic rings. The van der Waals surface area contributed by atoms with Crippen LogP contribution in [0.2, 0.25) is 0 Å². The van der Waals surface area contributed by atoms with Crippen LogP contribution in [0.1, 0.15) is 134 Å². The van der Waals surface area contributed by atoms with Crippen molar-refractivity contribution in [3.05, 3.63) is 75.7 Å². The monoisotopic (exact) mass is 501 g/mol. The second kappa shape index (κ2) is 13.5. The van der Waals surface area contributed by atoms with E-state index in [1.165, 1.54) is 75.3 Å². The van der Waals surface area contributed by atoms with Crippen molar-refractivity contribution in [3.8, 4) is 0 Å². The van der Waals surface area contributed by atoms with Crippen molar-refractivity contribution >= 4 is 0 Å². The molecule has 0 unspecified atom stereocenters. The molecule has 1 saturated carbocycles. The maximum atomic E-state index is 2.58. The Hall–Kier alpha value is -1.56. The predicted octanol–water partition coefficient (Wildman–Crippen LogP) is 10.8. The number of unbranched alkanes of at least 4 members (excludes halogenated alkanes) is 1. The first kappa shape index (κ1) is 30.0. The van der Waals surface area contributed by atoms with Crippen molar-refractivity contribution in [3.63, 3.8) is 0 Å². The average molecular weight is 502 g/mol. The molecule has 0 spiro atoms. The summed E-state index contributed by atoms with van der Waals surface area (Å²) in [4.78, 5) is 0. The van der Waals surface area contributed by atoms with Crippen molar-refractivity contribution in [2.45, 2.75) is 127 Å². The van der Waals surface area contributed by atoms with Gasteiger partial charge in [0.05, 0.1) is 0 Å². The zero-order valence-electron chi connectivity index (χ0n) is 25.8. The summed E-state index contributed by atoms with van der Waals surface area (Å²) in [7, 11) is 0. The van der Waals surface area contributed by atoms with Crippen LogP contribution in [0, 0.1) is 35.0 Å². The molecular formula is C37H57. The second-order valence-corrected chi connectivity index (χ2v) is 14.0. The standard InChI is InChI=1S/C37H57/c1-10-11-17-37(18-12-19-37)36(34-15-13-30(20-26(2)3)24-32(34)22-28(6)7)35-16-14-31(21-27(4)5)25-33(35)23-29(8)9/h13-16,24-29H,10-12,17-23H2,1-9H3. The highest BCUT2D eigenvalue weighted by molar-refractivity contribution is 5.57. The molecule has 0 nitrogen and oxygen atoms in total. The van der Waals surface area contributed by atoms with Crippen LogP contribution in [0.5, 0.6) is 0 Å². The Balaban J connectivity index is 2.23. The van der Waals surface area contributed by atoms with Gasteiger partial charge in [0, 0.05) is 5.92 Å². The van der Waals surface area contributed by atoms with Gasteiger partial charge in [0.15, 0.2) is 0 Å². The van der Waals surface area contributed by atoms with E-state index in [-0.39, 0.29) is 0 Å². The van der Waals surface area contributed by atoms with E-state index in [2.05, 4.69) is 98.7 Å². The normalized spacial score (nSPS) is 15.4. The maximum Gasteiger partial charge on any atom is 0.0407 e. The molecule has 0 amide bonds. The number of benzene rings is 2. The lowest BCUT2D eigenvalue weighted by molar-refractivity contribution is 0.145. The summed E-state index contributed by atoms with van der Waals surface area (Å²) in [6.45, 7) is 21.3. The highest BCUT2D eigenvalue weighted by Gasteiger charge is 2.46. The second-order valence-electron chi connectivity index (χ2n) is 14.0. The summed E-state index contributed by atoms with van der Waals surface area (Å²) >= 11 is 0. The first-order valence-electron chi connectivity index (χ1n) is 15.7. The maximum absolute atomic E-state index is 2.58. The van der Waals surface area contributed by atoms with Gasteiger partial charge in [-0.25, -0.2) is 0 Å². The van der Waals surface area contributed by atoms with Crippen molar-refractivity contribution in [2.75, 3.05) is 0 Å². The third-order valence-electron chi connectivity index (χ3n) is 8.27. The van der Waals surface area contributed by atoms with Crippen LogP contribution in [-0.4, -0.2) is 0 Å².